The molecule has 0 saturated heterocycles. The zero-order valence-electron chi connectivity index (χ0n) is 17.8. The van der Waals surface area contributed by atoms with Crippen LogP contribution in [0.25, 0.3) is 0 Å². The topological polar surface area (TPSA) is 67.9 Å². The molecule has 29 heavy (non-hydrogen) atoms. The number of benzene rings is 2. The van der Waals surface area contributed by atoms with Gasteiger partial charge in [-0.2, -0.15) is 0 Å². The van der Waals surface area contributed by atoms with Gasteiger partial charge in [-0.1, -0.05) is 24.3 Å². The standard InChI is InChI=1S/C23H30N2O4/c1-16(2)24-23(27)18(4)25(14-19-9-7-10-20(13-19)28-5)22(26)15-29-21-11-6-8-17(3)12-21/h6-13,16,18H,14-15H2,1-5H3,(H,24,27)/t18-/m0/s1. The quantitative estimate of drug-likeness (QED) is 0.704. The lowest BCUT2D eigenvalue weighted by Gasteiger charge is -2.29. The normalized spacial score (nSPS) is 11.7. The lowest BCUT2D eigenvalue weighted by Crippen LogP contribution is -2.50. The highest BCUT2D eigenvalue weighted by atomic mass is 16.5. The molecule has 0 unspecified atom stereocenters. The Kier molecular flexibility index (Phi) is 8.07. The molecule has 6 nitrogen and oxygen atoms in total. The van der Waals surface area contributed by atoms with E-state index in [0.29, 0.717) is 11.5 Å². The molecule has 0 radical (unpaired) electrons. The third-order valence-corrected chi connectivity index (χ3v) is 4.44. The number of ether oxygens (including phenoxy) is 2. The van der Waals surface area contributed by atoms with Crippen molar-refractivity contribution in [3.05, 3.63) is 59.7 Å². The lowest BCUT2D eigenvalue weighted by atomic mass is 10.1. The Bertz CT molecular complexity index is 835. The fourth-order valence-electron chi connectivity index (χ4n) is 2.89. The third kappa shape index (κ3) is 6.82. The first-order chi connectivity index (χ1) is 13.8. The van der Waals surface area contributed by atoms with Gasteiger partial charge >= 0.3 is 0 Å². The van der Waals surface area contributed by atoms with Crippen molar-refractivity contribution in [1.29, 1.82) is 0 Å². The van der Waals surface area contributed by atoms with E-state index in [4.69, 9.17) is 9.47 Å². The molecule has 0 aromatic heterocycles. The van der Waals surface area contributed by atoms with Crippen molar-refractivity contribution in [2.24, 2.45) is 0 Å². The highest BCUT2D eigenvalue weighted by Crippen LogP contribution is 2.17. The summed E-state index contributed by atoms with van der Waals surface area (Å²) in [5, 5.41) is 2.87. The first-order valence-electron chi connectivity index (χ1n) is 9.72. The molecule has 0 saturated carbocycles. The zero-order valence-corrected chi connectivity index (χ0v) is 17.8. The first-order valence-corrected chi connectivity index (χ1v) is 9.72. The summed E-state index contributed by atoms with van der Waals surface area (Å²) in [7, 11) is 1.59. The van der Waals surface area contributed by atoms with E-state index >= 15 is 0 Å². The molecule has 0 aliphatic heterocycles. The van der Waals surface area contributed by atoms with Gasteiger partial charge in [0, 0.05) is 12.6 Å². The van der Waals surface area contributed by atoms with Crippen molar-refractivity contribution in [2.45, 2.75) is 46.3 Å². The minimum atomic E-state index is -0.641. The summed E-state index contributed by atoms with van der Waals surface area (Å²) in [6.07, 6.45) is 0. The molecule has 0 spiro atoms. The fraction of sp³-hybridized carbons (Fsp3) is 0.391. The third-order valence-electron chi connectivity index (χ3n) is 4.44. The van der Waals surface area contributed by atoms with E-state index in [2.05, 4.69) is 5.32 Å². The Balaban J connectivity index is 2.17. The Labute approximate surface area is 172 Å². The maximum atomic E-state index is 13.0. The summed E-state index contributed by atoms with van der Waals surface area (Å²) >= 11 is 0. The maximum Gasteiger partial charge on any atom is 0.261 e. The van der Waals surface area contributed by atoms with Crippen LogP contribution in [0.15, 0.2) is 48.5 Å². The van der Waals surface area contributed by atoms with Crippen LogP contribution >= 0.6 is 0 Å². The Morgan fingerprint density at radius 1 is 1.03 bits per heavy atom. The number of carbonyl (C=O) groups is 2. The van der Waals surface area contributed by atoms with Crippen LogP contribution in [0, 0.1) is 6.92 Å². The fourth-order valence-corrected chi connectivity index (χ4v) is 2.89. The summed E-state index contributed by atoms with van der Waals surface area (Å²) in [6, 6.07) is 14.3. The van der Waals surface area contributed by atoms with Crippen molar-refractivity contribution in [2.75, 3.05) is 13.7 Å². The van der Waals surface area contributed by atoms with Gasteiger partial charge in [0.2, 0.25) is 5.91 Å². The average molecular weight is 399 g/mol. The lowest BCUT2D eigenvalue weighted by molar-refractivity contribution is -0.142. The minimum Gasteiger partial charge on any atom is -0.497 e. The van der Waals surface area contributed by atoms with E-state index in [1.165, 1.54) is 4.90 Å². The molecule has 0 aliphatic rings. The van der Waals surface area contributed by atoms with Gasteiger partial charge in [0.25, 0.3) is 5.91 Å². The van der Waals surface area contributed by atoms with Gasteiger partial charge in [0.05, 0.1) is 7.11 Å². The van der Waals surface area contributed by atoms with Crippen LogP contribution in [0.2, 0.25) is 0 Å². The number of amides is 2. The second-order valence-corrected chi connectivity index (χ2v) is 7.32. The van der Waals surface area contributed by atoms with E-state index in [1.807, 2.05) is 69.3 Å². The summed E-state index contributed by atoms with van der Waals surface area (Å²) in [4.78, 5) is 27.1. The van der Waals surface area contributed by atoms with E-state index < -0.39 is 6.04 Å². The molecule has 0 fully saturated rings. The van der Waals surface area contributed by atoms with Crippen LogP contribution in [-0.4, -0.2) is 42.5 Å². The van der Waals surface area contributed by atoms with E-state index in [9.17, 15) is 9.59 Å². The second-order valence-electron chi connectivity index (χ2n) is 7.32. The number of hydrogen-bond donors (Lipinski definition) is 1. The summed E-state index contributed by atoms with van der Waals surface area (Å²) in [5.74, 6) is 0.858. The van der Waals surface area contributed by atoms with E-state index in [-0.39, 0.29) is 31.0 Å². The number of carbonyl (C=O) groups excluding carboxylic acids is 2. The van der Waals surface area contributed by atoms with Gasteiger partial charge in [0.1, 0.15) is 17.5 Å². The van der Waals surface area contributed by atoms with Crippen LogP contribution in [0.5, 0.6) is 11.5 Å². The van der Waals surface area contributed by atoms with Gasteiger partial charge in [-0.05, 0) is 63.1 Å². The molecule has 1 atom stereocenters. The maximum absolute atomic E-state index is 13.0. The van der Waals surface area contributed by atoms with E-state index in [1.54, 1.807) is 14.0 Å². The monoisotopic (exact) mass is 398 g/mol. The van der Waals surface area contributed by atoms with Crippen molar-refractivity contribution in [1.82, 2.24) is 10.2 Å². The number of rotatable bonds is 9. The highest BCUT2D eigenvalue weighted by Gasteiger charge is 2.27. The van der Waals surface area contributed by atoms with Gasteiger partial charge in [-0.3, -0.25) is 9.59 Å². The Hall–Kier alpha value is -3.02. The van der Waals surface area contributed by atoms with Crippen LogP contribution < -0.4 is 14.8 Å². The minimum absolute atomic E-state index is 0.0118. The van der Waals surface area contributed by atoms with Crippen molar-refractivity contribution in [3.8, 4) is 11.5 Å². The number of methoxy groups -OCH3 is 1. The van der Waals surface area contributed by atoms with Crippen molar-refractivity contribution >= 4 is 11.8 Å². The van der Waals surface area contributed by atoms with Gasteiger partial charge in [0.15, 0.2) is 6.61 Å². The zero-order chi connectivity index (χ0) is 21.4. The molecule has 0 bridgehead atoms. The van der Waals surface area contributed by atoms with E-state index in [0.717, 1.165) is 11.1 Å². The molecule has 6 heteroatoms. The SMILES string of the molecule is COc1cccc(CN(C(=O)COc2cccc(C)c2)[C@@H](C)C(=O)NC(C)C)c1. The molecular weight excluding hydrogens is 368 g/mol. The van der Waals surface area contributed by atoms with Crippen LogP contribution in [0.4, 0.5) is 0 Å². The van der Waals surface area contributed by atoms with Gasteiger partial charge in [-0.15, -0.1) is 0 Å². The van der Waals surface area contributed by atoms with Crippen LogP contribution in [-0.2, 0) is 16.1 Å². The van der Waals surface area contributed by atoms with Crippen LogP contribution in [0.1, 0.15) is 31.9 Å². The molecule has 156 valence electrons. The predicted molar refractivity (Wildman–Crippen MR) is 113 cm³/mol. The largest absolute Gasteiger partial charge is 0.497 e. The first kappa shape index (κ1) is 22.3. The number of nitrogens with one attached hydrogen (secondary N) is 1. The molecule has 0 heterocycles. The highest BCUT2D eigenvalue weighted by molar-refractivity contribution is 5.88. The summed E-state index contributed by atoms with van der Waals surface area (Å²) in [5.41, 5.74) is 1.92. The number of nitrogens with zero attached hydrogens (tertiary/aromatic N) is 1. The molecular formula is C23H30N2O4. The molecule has 2 aromatic rings. The second kappa shape index (κ2) is 10.5. The van der Waals surface area contributed by atoms with Crippen molar-refractivity contribution < 1.29 is 19.1 Å². The molecule has 2 amide bonds. The van der Waals surface area contributed by atoms with Gasteiger partial charge in [-0.25, -0.2) is 0 Å². The van der Waals surface area contributed by atoms with Crippen LogP contribution in [0.3, 0.4) is 0 Å². The summed E-state index contributed by atoms with van der Waals surface area (Å²) in [6.45, 7) is 7.59. The summed E-state index contributed by atoms with van der Waals surface area (Å²) < 4.78 is 10.9. The molecule has 2 aromatic carbocycles. The Morgan fingerprint density at radius 2 is 1.72 bits per heavy atom. The predicted octanol–water partition coefficient (Wildman–Crippen LogP) is 3.32. The molecule has 0 aliphatic carbocycles. The molecule has 1 N–H and O–H groups in total. The van der Waals surface area contributed by atoms with Gasteiger partial charge < -0.3 is 19.7 Å². The number of aryl methyl sites for hydroxylation is 1. The smallest absolute Gasteiger partial charge is 0.261 e. The van der Waals surface area contributed by atoms with Crippen molar-refractivity contribution in [3.63, 3.8) is 0 Å². The average Bonchev–Trinajstić information content (AvgIpc) is 2.69. The Morgan fingerprint density at radius 3 is 2.38 bits per heavy atom. The molecule has 2 rings (SSSR count). The number of hydrogen-bond acceptors (Lipinski definition) is 4.